The summed E-state index contributed by atoms with van der Waals surface area (Å²) in [6, 6.07) is 0. The third-order valence-electron chi connectivity index (χ3n) is 3.45. The molecule has 2 aliphatic rings. The van der Waals surface area contributed by atoms with Crippen LogP contribution >= 0.6 is 11.6 Å². The van der Waals surface area contributed by atoms with Gasteiger partial charge in [-0.2, -0.15) is 17.0 Å². The van der Waals surface area contributed by atoms with E-state index in [1.807, 2.05) is 0 Å². The molecule has 2 fully saturated rings. The Morgan fingerprint density at radius 2 is 1.68 bits per heavy atom. The van der Waals surface area contributed by atoms with Gasteiger partial charge in [-0.25, -0.2) is 0 Å². The van der Waals surface area contributed by atoms with Gasteiger partial charge in [0.2, 0.25) is 0 Å². The fourth-order valence-electron chi connectivity index (χ4n) is 2.38. The molecule has 8 heteroatoms. The van der Waals surface area contributed by atoms with Gasteiger partial charge in [0.1, 0.15) is 0 Å². The number of hydrogen-bond acceptors (Lipinski definition) is 4. The minimum Gasteiger partial charge on any atom is -0.379 e. The Morgan fingerprint density at radius 3 is 2.26 bits per heavy atom. The number of halogens is 1. The van der Waals surface area contributed by atoms with Crippen LogP contribution in [0.2, 0.25) is 0 Å². The number of morpholine rings is 1. The van der Waals surface area contributed by atoms with Crippen LogP contribution in [-0.2, 0) is 19.7 Å². The normalized spacial score (nSPS) is 24.7. The van der Waals surface area contributed by atoms with Gasteiger partial charge in [-0.05, 0) is 12.8 Å². The molecule has 0 aliphatic carbocycles. The summed E-state index contributed by atoms with van der Waals surface area (Å²) in [5.41, 5.74) is 0. The highest BCUT2D eigenvalue weighted by molar-refractivity contribution is 7.86. The first-order valence-corrected chi connectivity index (χ1v) is 8.58. The van der Waals surface area contributed by atoms with Crippen LogP contribution < -0.4 is 0 Å². The summed E-state index contributed by atoms with van der Waals surface area (Å²) >= 11 is 5.57. The van der Waals surface area contributed by atoms with Crippen molar-refractivity contribution < 1.29 is 17.9 Å². The Labute approximate surface area is 119 Å². The highest BCUT2D eigenvalue weighted by atomic mass is 35.5. The lowest BCUT2D eigenvalue weighted by molar-refractivity contribution is 0.0272. The van der Waals surface area contributed by atoms with Gasteiger partial charge in [0, 0.05) is 32.1 Å². The Kier molecular flexibility index (Phi) is 5.86. The summed E-state index contributed by atoms with van der Waals surface area (Å²) < 4.78 is 38.6. The van der Waals surface area contributed by atoms with Gasteiger partial charge in [0.25, 0.3) is 10.2 Å². The van der Waals surface area contributed by atoms with Crippen LogP contribution in [0.4, 0.5) is 0 Å². The van der Waals surface area contributed by atoms with Crippen LogP contribution in [0.25, 0.3) is 0 Å². The molecule has 112 valence electrons. The van der Waals surface area contributed by atoms with Gasteiger partial charge in [-0.3, -0.25) is 0 Å². The predicted octanol–water partition coefficient (Wildman–Crippen LogP) is 0.283. The zero-order chi connectivity index (χ0) is 13.7. The molecule has 6 nitrogen and oxygen atoms in total. The lowest BCUT2D eigenvalue weighted by Crippen LogP contribution is -2.51. The molecule has 2 saturated heterocycles. The summed E-state index contributed by atoms with van der Waals surface area (Å²) in [6.07, 6.45) is 1.61. The van der Waals surface area contributed by atoms with Crippen LogP contribution in [0.15, 0.2) is 0 Å². The van der Waals surface area contributed by atoms with E-state index >= 15 is 0 Å². The van der Waals surface area contributed by atoms with E-state index in [2.05, 4.69) is 0 Å². The molecule has 2 aliphatic heterocycles. The summed E-state index contributed by atoms with van der Waals surface area (Å²) in [4.78, 5) is 0. The van der Waals surface area contributed by atoms with Gasteiger partial charge in [-0.15, -0.1) is 11.6 Å². The summed E-state index contributed by atoms with van der Waals surface area (Å²) in [7, 11) is -3.32. The van der Waals surface area contributed by atoms with Crippen LogP contribution in [-0.4, -0.2) is 75.0 Å². The highest BCUT2D eigenvalue weighted by Gasteiger charge is 2.33. The van der Waals surface area contributed by atoms with E-state index < -0.39 is 10.2 Å². The zero-order valence-corrected chi connectivity index (χ0v) is 12.5. The van der Waals surface area contributed by atoms with Gasteiger partial charge >= 0.3 is 0 Å². The van der Waals surface area contributed by atoms with Crippen LogP contribution in [0, 0.1) is 0 Å². The third-order valence-corrected chi connectivity index (χ3v) is 5.64. The van der Waals surface area contributed by atoms with Crippen molar-refractivity contribution in [2.45, 2.75) is 18.9 Å². The Hall–Kier alpha value is 0.0800. The molecule has 0 bridgehead atoms. The van der Waals surface area contributed by atoms with E-state index in [9.17, 15) is 8.42 Å². The molecule has 2 heterocycles. The van der Waals surface area contributed by atoms with E-state index in [-0.39, 0.29) is 6.10 Å². The van der Waals surface area contributed by atoms with Crippen molar-refractivity contribution in [3.63, 3.8) is 0 Å². The van der Waals surface area contributed by atoms with E-state index in [0.717, 1.165) is 12.8 Å². The van der Waals surface area contributed by atoms with Crippen molar-refractivity contribution >= 4 is 21.8 Å². The molecule has 19 heavy (non-hydrogen) atoms. The first-order chi connectivity index (χ1) is 9.14. The highest BCUT2D eigenvalue weighted by Crippen LogP contribution is 2.19. The Bertz CT molecular complexity index is 365. The summed E-state index contributed by atoms with van der Waals surface area (Å²) in [6.45, 7) is 3.43. The van der Waals surface area contributed by atoms with Crippen molar-refractivity contribution in [1.82, 2.24) is 8.61 Å². The minimum absolute atomic E-state index is 0.134. The maximum Gasteiger partial charge on any atom is 0.282 e. The van der Waals surface area contributed by atoms with Crippen LogP contribution in [0.1, 0.15) is 12.8 Å². The average molecular weight is 313 g/mol. The largest absolute Gasteiger partial charge is 0.379 e. The van der Waals surface area contributed by atoms with Gasteiger partial charge in [0.15, 0.2) is 0 Å². The quantitative estimate of drug-likeness (QED) is 0.684. The van der Waals surface area contributed by atoms with Crippen LogP contribution in [0.5, 0.6) is 0 Å². The number of hydrogen-bond donors (Lipinski definition) is 0. The maximum atomic E-state index is 12.4. The number of ether oxygens (including phenoxy) is 2. The monoisotopic (exact) mass is 312 g/mol. The van der Waals surface area contributed by atoms with Gasteiger partial charge in [0.05, 0.1) is 25.9 Å². The van der Waals surface area contributed by atoms with Crippen molar-refractivity contribution in [3.05, 3.63) is 0 Å². The fraction of sp³-hybridized carbons (Fsp3) is 1.00. The maximum absolute atomic E-state index is 12.4. The zero-order valence-electron chi connectivity index (χ0n) is 11.0. The van der Waals surface area contributed by atoms with E-state index in [4.69, 9.17) is 21.1 Å². The molecular weight excluding hydrogens is 292 g/mol. The molecule has 0 aromatic carbocycles. The predicted molar refractivity (Wildman–Crippen MR) is 72.6 cm³/mol. The molecule has 0 atom stereocenters. The van der Waals surface area contributed by atoms with Crippen molar-refractivity contribution in [2.24, 2.45) is 0 Å². The minimum atomic E-state index is -3.32. The average Bonchev–Trinajstić information content (AvgIpc) is 2.46. The standard InChI is InChI=1S/C11H21ClN2O4S/c12-3-8-18-11-1-4-13(5-2-11)19(15,16)14-6-9-17-10-7-14/h11H,1-10H2. The molecule has 0 aromatic rings. The van der Waals surface area contributed by atoms with Crippen molar-refractivity contribution in [1.29, 1.82) is 0 Å². The molecule has 2 rings (SSSR count). The molecular formula is C11H21ClN2O4S. The summed E-state index contributed by atoms with van der Waals surface area (Å²) in [5, 5.41) is 0. The second-order valence-electron chi connectivity index (χ2n) is 4.68. The van der Waals surface area contributed by atoms with Gasteiger partial charge in [-0.1, -0.05) is 0 Å². The topological polar surface area (TPSA) is 59.1 Å². The Morgan fingerprint density at radius 1 is 1.11 bits per heavy atom. The van der Waals surface area contributed by atoms with E-state index in [0.29, 0.717) is 51.9 Å². The molecule has 0 spiro atoms. The second kappa shape index (κ2) is 7.19. The third kappa shape index (κ3) is 4.03. The molecule has 0 aromatic heterocycles. The molecule has 0 radical (unpaired) electrons. The first kappa shape index (κ1) is 15.5. The van der Waals surface area contributed by atoms with E-state index in [1.165, 1.54) is 4.31 Å². The van der Waals surface area contributed by atoms with E-state index in [1.54, 1.807) is 4.31 Å². The summed E-state index contributed by atoms with van der Waals surface area (Å²) in [5.74, 6) is 0.478. The lowest BCUT2D eigenvalue weighted by atomic mass is 10.1. The number of alkyl halides is 1. The molecule has 0 amide bonds. The Balaban J connectivity index is 1.85. The molecule has 0 N–H and O–H groups in total. The SMILES string of the molecule is O=S(=O)(N1CCOCC1)N1CCC(OCCCl)CC1. The lowest BCUT2D eigenvalue weighted by Gasteiger charge is -2.36. The molecule has 0 unspecified atom stereocenters. The first-order valence-electron chi connectivity index (χ1n) is 6.65. The number of rotatable bonds is 5. The number of piperidine rings is 1. The van der Waals surface area contributed by atoms with Gasteiger partial charge < -0.3 is 9.47 Å². The molecule has 0 saturated carbocycles. The van der Waals surface area contributed by atoms with Crippen LogP contribution in [0.3, 0.4) is 0 Å². The van der Waals surface area contributed by atoms with Crippen molar-refractivity contribution in [3.8, 4) is 0 Å². The second-order valence-corrected chi connectivity index (χ2v) is 6.98. The number of nitrogens with zero attached hydrogens (tertiary/aromatic N) is 2. The van der Waals surface area contributed by atoms with Crippen molar-refractivity contribution in [2.75, 3.05) is 51.9 Å². The fourth-order valence-corrected chi connectivity index (χ4v) is 4.08. The smallest absolute Gasteiger partial charge is 0.282 e.